The molecule has 0 aromatic heterocycles. The van der Waals surface area contributed by atoms with Crippen LogP contribution in [-0.2, 0) is 19.1 Å². The molecule has 126 valence electrons. The predicted octanol–water partition coefficient (Wildman–Crippen LogP) is 3.89. The van der Waals surface area contributed by atoms with Gasteiger partial charge in [0.2, 0.25) is 0 Å². The van der Waals surface area contributed by atoms with Crippen molar-refractivity contribution in [3.05, 3.63) is 12.7 Å². The molecule has 1 aliphatic rings. The molecule has 0 N–H and O–H groups in total. The molecule has 1 saturated carbocycles. The van der Waals surface area contributed by atoms with E-state index in [1.807, 2.05) is 6.08 Å². The fraction of sp³-hybridized carbons (Fsp3) is 0.778. The molecule has 1 fully saturated rings. The van der Waals surface area contributed by atoms with Crippen molar-refractivity contribution in [1.82, 2.24) is 0 Å². The second-order valence-corrected chi connectivity index (χ2v) is 6.05. The Morgan fingerprint density at radius 3 is 2.00 bits per heavy atom. The Morgan fingerprint density at radius 2 is 1.55 bits per heavy atom. The number of hydrogen-bond donors (Lipinski definition) is 0. The van der Waals surface area contributed by atoms with Crippen molar-refractivity contribution in [1.29, 1.82) is 0 Å². The lowest BCUT2D eigenvalue weighted by Crippen LogP contribution is -2.29. The van der Waals surface area contributed by atoms with Gasteiger partial charge in [-0.15, -0.1) is 6.58 Å². The summed E-state index contributed by atoms with van der Waals surface area (Å²) < 4.78 is 10.0. The van der Waals surface area contributed by atoms with Gasteiger partial charge < -0.3 is 9.47 Å². The smallest absolute Gasteiger partial charge is 0.320 e. The summed E-state index contributed by atoms with van der Waals surface area (Å²) in [4.78, 5) is 23.9. The minimum atomic E-state index is -0.759. The number of esters is 2. The molecule has 4 heteroatoms. The van der Waals surface area contributed by atoms with Crippen LogP contribution in [0.4, 0.5) is 0 Å². The van der Waals surface area contributed by atoms with Gasteiger partial charge in [-0.05, 0) is 57.8 Å². The molecular formula is C18H30O4. The van der Waals surface area contributed by atoms with Crippen molar-refractivity contribution < 1.29 is 19.1 Å². The molecular weight excluding hydrogens is 280 g/mol. The van der Waals surface area contributed by atoms with Gasteiger partial charge in [0.15, 0.2) is 5.92 Å². The maximum Gasteiger partial charge on any atom is 0.320 e. The van der Waals surface area contributed by atoms with Crippen LogP contribution >= 0.6 is 0 Å². The second kappa shape index (κ2) is 10.4. The van der Waals surface area contributed by atoms with E-state index in [9.17, 15) is 9.59 Å². The van der Waals surface area contributed by atoms with Crippen LogP contribution in [0.25, 0.3) is 0 Å². The molecule has 0 bridgehead atoms. The quantitative estimate of drug-likeness (QED) is 0.368. The molecule has 0 radical (unpaired) electrons. The van der Waals surface area contributed by atoms with Gasteiger partial charge in [-0.2, -0.15) is 0 Å². The first-order valence-electron chi connectivity index (χ1n) is 8.56. The Hall–Kier alpha value is -1.32. The summed E-state index contributed by atoms with van der Waals surface area (Å²) in [6.07, 6.45) is 9.33. The SMILES string of the molecule is C=CCC1CCC(CCC(C(=O)OCC)C(=O)OCC)CC1. The second-order valence-electron chi connectivity index (χ2n) is 6.05. The van der Waals surface area contributed by atoms with Crippen molar-refractivity contribution >= 4 is 11.9 Å². The normalized spacial score (nSPS) is 21.4. The average Bonchev–Trinajstić information content (AvgIpc) is 2.50. The lowest BCUT2D eigenvalue weighted by atomic mass is 9.78. The van der Waals surface area contributed by atoms with Crippen molar-refractivity contribution in [2.45, 2.75) is 58.8 Å². The fourth-order valence-corrected chi connectivity index (χ4v) is 3.21. The van der Waals surface area contributed by atoms with E-state index in [-0.39, 0.29) is 0 Å². The summed E-state index contributed by atoms with van der Waals surface area (Å²) in [7, 11) is 0. The summed E-state index contributed by atoms with van der Waals surface area (Å²) in [6, 6.07) is 0. The van der Waals surface area contributed by atoms with Gasteiger partial charge in [-0.1, -0.05) is 18.9 Å². The Labute approximate surface area is 134 Å². The van der Waals surface area contributed by atoms with Gasteiger partial charge in [0, 0.05) is 0 Å². The van der Waals surface area contributed by atoms with Crippen molar-refractivity contribution in [3.63, 3.8) is 0 Å². The number of carbonyl (C=O) groups excluding carboxylic acids is 2. The molecule has 0 heterocycles. The molecule has 0 aliphatic heterocycles. The summed E-state index contributed by atoms with van der Waals surface area (Å²) >= 11 is 0. The van der Waals surface area contributed by atoms with Crippen molar-refractivity contribution in [2.75, 3.05) is 13.2 Å². The van der Waals surface area contributed by atoms with E-state index in [2.05, 4.69) is 6.58 Å². The molecule has 22 heavy (non-hydrogen) atoms. The molecule has 1 rings (SSSR count). The highest BCUT2D eigenvalue weighted by molar-refractivity contribution is 5.94. The third-order valence-corrected chi connectivity index (χ3v) is 4.47. The van der Waals surface area contributed by atoms with Crippen LogP contribution in [-0.4, -0.2) is 25.2 Å². The minimum absolute atomic E-state index is 0.293. The Bertz CT molecular complexity index is 338. The van der Waals surface area contributed by atoms with Gasteiger partial charge in [0.1, 0.15) is 0 Å². The summed E-state index contributed by atoms with van der Waals surface area (Å²) in [5.74, 6) is -0.277. The largest absolute Gasteiger partial charge is 0.465 e. The third kappa shape index (κ3) is 6.20. The molecule has 1 aliphatic carbocycles. The topological polar surface area (TPSA) is 52.6 Å². The molecule has 0 saturated heterocycles. The van der Waals surface area contributed by atoms with E-state index < -0.39 is 17.9 Å². The molecule has 0 unspecified atom stereocenters. The zero-order valence-corrected chi connectivity index (χ0v) is 14.0. The van der Waals surface area contributed by atoms with Gasteiger partial charge in [-0.25, -0.2) is 0 Å². The average molecular weight is 310 g/mol. The monoisotopic (exact) mass is 310 g/mol. The lowest BCUT2D eigenvalue weighted by molar-refractivity contribution is -0.162. The Kier molecular flexibility index (Phi) is 8.86. The fourth-order valence-electron chi connectivity index (χ4n) is 3.21. The van der Waals surface area contributed by atoms with Gasteiger partial charge in [-0.3, -0.25) is 9.59 Å². The maximum absolute atomic E-state index is 11.9. The van der Waals surface area contributed by atoms with Gasteiger partial charge >= 0.3 is 11.9 Å². The number of carbonyl (C=O) groups is 2. The van der Waals surface area contributed by atoms with Crippen molar-refractivity contribution in [3.8, 4) is 0 Å². The molecule has 0 amide bonds. The maximum atomic E-state index is 11.9. The summed E-state index contributed by atoms with van der Waals surface area (Å²) in [5.41, 5.74) is 0. The van der Waals surface area contributed by atoms with Gasteiger partial charge in [0.25, 0.3) is 0 Å². The van der Waals surface area contributed by atoms with Crippen LogP contribution in [0, 0.1) is 17.8 Å². The number of ether oxygens (including phenoxy) is 2. The zero-order chi connectivity index (χ0) is 16.4. The van der Waals surface area contributed by atoms with E-state index in [4.69, 9.17) is 9.47 Å². The highest BCUT2D eigenvalue weighted by Gasteiger charge is 2.31. The van der Waals surface area contributed by atoms with E-state index in [1.54, 1.807) is 13.8 Å². The van der Waals surface area contributed by atoms with Crippen LogP contribution in [0.5, 0.6) is 0 Å². The lowest BCUT2D eigenvalue weighted by Gasteiger charge is -2.28. The predicted molar refractivity (Wildman–Crippen MR) is 86.3 cm³/mol. The highest BCUT2D eigenvalue weighted by Crippen LogP contribution is 2.34. The molecule has 0 atom stereocenters. The number of hydrogen-bond acceptors (Lipinski definition) is 4. The van der Waals surface area contributed by atoms with E-state index in [1.165, 1.54) is 25.7 Å². The molecule has 0 aromatic carbocycles. The zero-order valence-electron chi connectivity index (χ0n) is 14.0. The van der Waals surface area contributed by atoms with Crippen LogP contribution in [0.1, 0.15) is 58.8 Å². The van der Waals surface area contributed by atoms with E-state index >= 15 is 0 Å². The van der Waals surface area contributed by atoms with Gasteiger partial charge in [0.05, 0.1) is 13.2 Å². The first kappa shape index (κ1) is 18.7. The third-order valence-electron chi connectivity index (χ3n) is 4.47. The highest BCUT2D eigenvalue weighted by atomic mass is 16.6. The Morgan fingerprint density at radius 1 is 1.05 bits per heavy atom. The molecule has 4 nitrogen and oxygen atoms in total. The van der Waals surface area contributed by atoms with Crippen molar-refractivity contribution in [2.24, 2.45) is 17.8 Å². The first-order chi connectivity index (χ1) is 10.6. The van der Waals surface area contributed by atoms with Crippen LogP contribution in [0.2, 0.25) is 0 Å². The molecule has 0 aromatic rings. The van der Waals surface area contributed by atoms with Crippen LogP contribution in [0.15, 0.2) is 12.7 Å². The minimum Gasteiger partial charge on any atom is -0.465 e. The van der Waals surface area contributed by atoms with Crippen LogP contribution in [0.3, 0.4) is 0 Å². The number of allylic oxidation sites excluding steroid dienone is 1. The summed E-state index contributed by atoms with van der Waals surface area (Å²) in [6.45, 7) is 7.89. The standard InChI is InChI=1S/C18H30O4/c1-4-7-14-8-10-15(11-9-14)12-13-16(17(19)21-5-2)18(20)22-6-3/h4,14-16H,1,5-13H2,2-3H3. The summed E-state index contributed by atoms with van der Waals surface area (Å²) in [5, 5.41) is 0. The molecule has 0 spiro atoms. The first-order valence-corrected chi connectivity index (χ1v) is 8.56. The van der Waals surface area contributed by atoms with Crippen LogP contribution < -0.4 is 0 Å². The Balaban J connectivity index is 2.44. The van der Waals surface area contributed by atoms with E-state index in [0.717, 1.165) is 18.8 Å². The number of rotatable bonds is 9. The van der Waals surface area contributed by atoms with E-state index in [0.29, 0.717) is 25.6 Å².